The van der Waals surface area contributed by atoms with Crippen molar-refractivity contribution in [3.63, 3.8) is 0 Å². The number of fused-ring (bicyclic) bond motifs is 10. The molecule has 2 heterocycles. The second-order valence-electron chi connectivity index (χ2n) is 12.8. The molecule has 0 saturated carbocycles. The molecule has 0 fully saturated rings. The van der Waals surface area contributed by atoms with Crippen molar-refractivity contribution in [2.45, 2.75) is 17.9 Å². The number of aromatic nitrogens is 2. The van der Waals surface area contributed by atoms with Gasteiger partial charge in [-0.2, -0.15) is 0 Å². The lowest BCUT2D eigenvalue weighted by Gasteiger charge is -2.45. The van der Waals surface area contributed by atoms with Crippen LogP contribution in [0.5, 0.6) is 5.75 Å². The molecule has 6 aromatic carbocycles. The van der Waals surface area contributed by atoms with Gasteiger partial charge in [0.05, 0.1) is 16.6 Å². The Morgan fingerprint density at radius 1 is 0.562 bits per heavy atom. The van der Waals surface area contributed by atoms with E-state index in [1.54, 1.807) is 0 Å². The fraction of sp³-hybridized carbons (Fsp3) is 0.0667. The van der Waals surface area contributed by atoms with Gasteiger partial charge in [0.2, 0.25) is 0 Å². The van der Waals surface area contributed by atoms with Crippen molar-refractivity contribution in [2.24, 2.45) is 0 Å². The van der Waals surface area contributed by atoms with E-state index in [0.717, 1.165) is 56.8 Å². The van der Waals surface area contributed by atoms with Crippen molar-refractivity contribution < 1.29 is 4.74 Å². The van der Waals surface area contributed by atoms with E-state index in [-0.39, 0.29) is 6.10 Å². The third kappa shape index (κ3) is 3.88. The number of para-hydroxylation sites is 1. The van der Waals surface area contributed by atoms with Crippen LogP contribution in [-0.4, -0.2) is 16.1 Å². The minimum absolute atomic E-state index is 0.00502. The van der Waals surface area contributed by atoms with Gasteiger partial charge in [0.1, 0.15) is 11.9 Å². The molecule has 1 unspecified atom stereocenters. The molecule has 0 radical (unpaired) electrons. The Bertz CT molecular complexity index is 2410. The lowest BCUT2D eigenvalue weighted by Crippen LogP contribution is -2.42. The Balaban J connectivity index is 1.12. The minimum Gasteiger partial charge on any atom is -0.485 e. The van der Waals surface area contributed by atoms with Gasteiger partial charge in [-0.3, -0.25) is 0 Å². The number of nitrogens with zero attached hydrogens (tertiary/aromatic N) is 2. The summed E-state index contributed by atoms with van der Waals surface area (Å²) in [6.07, 6.45) is 7.58. The van der Waals surface area contributed by atoms with Crippen molar-refractivity contribution in [3.8, 4) is 50.6 Å². The lowest BCUT2D eigenvalue weighted by molar-refractivity contribution is 0.205. The standard InChI is InChI=1S/C45H30N2O/c1-2-12-30(13-3-1)43-35-16-6-10-20-40(35)46-44(47-43)31-24-22-29(23-25-31)32-26-27-42-39(28-32)45(38-19-9-11-21-41(38)48-42)36-17-7-4-14-33(36)34-15-5-8-18-37(34)45/h1-20,22-28,41H,21H2. The van der Waals surface area contributed by atoms with Crippen LogP contribution in [0.1, 0.15) is 23.1 Å². The van der Waals surface area contributed by atoms with Gasteiger partial charge in [-0.05, 0) is 57.2 Å². The SMILES string of the molecule is C1=CCC2Oc3ccc(-c4ccc(-c5nc(-c6ccccc6)c6ccccc6n5)cc4)cc3C3(C2=C1)c1ccccc1-c1ccccc13. The Morgan fingerprint density at radius 2 is 1.23 bits per heavy atom. The zero-order chi connectivity index (χ0) is 31.7. The molecule has 226 valence electrons. The van der Waals surface area contributed by atoms with Crippen LogP contribution in [0.15, 0.2) is 169 Å². The third-order valence-electron chi connectivity index (χ3n) is 10.3. The van der Waals surface area contributed by atoms with Crippen LogP contribution in [-0.2, 0) is 5.41 Å². The molecular formula is C45H30N2O. The largest absolute Gasteiger partial charge is 0.485 e. The van der Waals surface area contributed by atoms with Gasteiger partial charge >= 0.3 is 0 Å². The molecule has 1 aliphatic heterocycles. The summed E-state index contributed by atoms with van der Waals surface area (Å²) in [4.78, 5) is 10.1. The smallest absolute Gasteiger partial charge is 0.160 e. The molecule has 0 N–H and O–H groups in total. The van der Waals surface area contributed by atoms with Crippen molar-refractivity contribution >= 4 is 10.9 Å². The molecule has 0 bridgehead atoms. The number of allylic oxidation sites excluding steroid dienone is 2. The highest BCUT2D eigenvalue weighted by Crippen LogP contribution is 2.61. The maximum Gasteiger partial charge on any atom is 0.160 e. The molecule has 1 aromatic heterocycles. The molecule has 3 aliphatic rings. The van der Waals surface area contributed by atoms with Gasteiger partial charge in [-0.15, -0.1) is 0 Å². The van der Waals surface area contributed by atoms with E-state index in [1.165, 1.54) is 33.4 Å². The maximum absolute atomic E-state index is 6.77. The van der Waals surface area contributed by atoms with Crippen molar-refractivity contribution in [1.82, 2.24) is 9.97 Å². The average Bonchev–Trinajstić information content (AvgIpc) is 3.45. The van der Waals surface area contributed by atoms with Gasteiger partial charge in [0.25, 0.3) is 0 Å². The van der Waals surface area contributed by atoms with Gasteiger partial charge in [0.15, 0.2) is 5.82 Å². The van der Waals surface area contributed by atoms with E-state index in [2.05, 4.69) is 146 Å². The summed E-state index contributed by atoms with van der Waals surface area (Å²) in [6, 6.07) is 51.8. The summed E-state index contributed by atoms with van der Waals surface area (Å²) >= 11 is 0. The maximum atomic E-state index is 6.77. The first kappa shape index (κ1) is 27.1. The monoisotopic (exact) mass is 614 g/mol. The molecule has 7 aromatic rings. The van der Waals surface area contributed by atoms with E-state index in [9.17, 15) is 0 Å². The zero-order valence-corrected chi connectivity index (χ0v) is 26.2. The molecular weight excluding hydrogens is 585 g/mol. The predicted molar refractivity (Wildman–Crippen MR) is 194 cm³/mol. The fourth-order valence-electron chi connectivity index (χ4n) is 8.17. The van der Waals surface area contributed by atoms with Crippen molar-refractivity contribution in [3.05, 3.63) is 186 Å². The topological polar surface area (TPSA) is 35.0 Å². The molecule has 3 nitrogen and oxygen atoms in total. The quantitative estimate of drug-likeness (QED) is 0.199. The van der Waals surface area contributed by atoms with Crippen LogP contribution in [0.4, 0.5) is 0 Å². The predicted octanol–water partition coefficient (Wildman–Crippen LogP) is 10.6. The molecule has 1 spiro atoms. The normalized spacial score (nSPS) is 16.4. The molecule has 0 amide bonds. The van der Waals surface area contributed by atoms with E-state index >= 15 is 0 Å². The number of benzene rings is 6. The third-order valence-corrected chi connectivity index (χ3v) is 10.3. The number of hydrogen-bond acceptors (Lipinski definition) is 3. The fourth-order valence-corrected chi connectivity index (χ4v) is 8.17. The van der Waals surface area contributed by atoms with Gasteiger partial charge < -0.3 is 4.74 Å². The second-order valence-corrected chi connectivity index (χ2v) is 12.8. The average molecular weight is 615 g/mol. The first-order valence-electron chi connectivity index (χ1n) is 16.6. The van der Waals surface area contributed by atoms with E-state index in [0.29, 0.717) is 0 Å². The molecule has 48 heavy (non-hydrogen) atoms. The molecule has 0 saturated heterocycles. The zero-order valence-electron chi connectivity index (χ0n) is 26.2. The summed E-state index contributed by atoms with van der Waals surface area (Å²) in [5.41, 5.74) is 13.6. The number of hydrogen-bond donors (Lipinski definition) is 0. The van der Waals surface area contributed by atoms with Crippen LogP contribution in [0.2, 0.25) is 0 Å². The highest BCUT2D eigenvalue weighted by Gasteiger charge is 2.53. The minimum atomic E-state index is -0.418. The first-order valence-corrected chi connectivity index (χ1v) is 16.6. The number of ether oxygens (including phenoxy) is 1. The molecule has 10 rings (SSSR count). The Morgan fingerprint density at radius 3 is 2.02 bits per heavy atom. The lowest BCUT2D eigenvalue weighted by atomic mass is 9.63. The highest BCUT2D eigenvalue weighted by molar-refractivity contribution is 5.94. The summed E-state index contributed by atoms with van der Waals surface area (Å²) in [6.45, 7) is 0. The van der Waals surface area contributed by atoms with E-state index in [4.69, 9.17) is 14.7 Å². The summed E-state index contributed by atoms with van der Waals surface area (Å²) in [7, 11) is 0. The Hall–Kier alpha value is -6.06. The summed E-state index contributed by atoms with van der Waals surface area (Å²) in [5, 5.41) is 1.05. The molecule has 1 atom stereocenters. The van der Waals surface area contributed by atoms with Crippen molar-refractivity contribution in [2.75, 3.05) is 0 Å². The van der Waals surface area contributed by atoms with Crippen LogP contribution < -0.4 is 4.74 Å². The summed E-state index contributed by atoms with van der Waals surface area (Å²) in [5.74, 6) is 1.68. The first-order chi connectivity index (χ1) is 23.8. The Kier molecular flexibility index (Phi) is 5.91. The highest BCUT2D eigenvalue weighted by atomic mass is 16.5. The van der Waals surface area contributed by atoms with Crippen LogP contribution in [0.25, 0.3) is 55.8 Å². The number of rotatable bonds is 3. The van der Waals surface area contributed by atoms with Gasteiger partial charge in [-0.1, -0.05) is 146 Å². The summed E-state index contributed by atoms with van der Waals surface area (Å²) < 4.78 is 6.77. The Labute approximate surface area is 279 Å². The molecule has 2 aliphatic carbocycles. The van der Waals surface area contributed by atoms with Crippen LogP contribution in [0.3, 0.4) is 0 Å². The second kappa shape index (κ2) is 10.5. The van der Waals surface area contributed by atoms with Gasteiger partial charge in [0, 0.05) is 28.5 Å². The molecule has 3 heteroatoms. The van der Waals surface area contributed by atoms with Crippen LogP contribution >= 0.6 is 0 Å². The van der Waals surface area contributed by atoms with Crippen LogP contribution in [0, 0.1) is 0 Å². The van der Waals surface area contributed by atoms with E-state index < -0.39 is 5.41 Å². The van der Waals surface area contributed by atoms with Crippen molar-refractivity contribution in [1.29, 1.82) is 0 Å². The van der Waals surface area contributed by atoms with Gasteiger partial charge in [-0.25, -0.2) is 9.97 Å². The van der Waals surface area contributed by atoms with E-state index in [1.807, 2.05) is 18.2 Å².